The third kappa shape index (κ3) is 1.95. The van der Waals surface area contributed by atoms with Crippen LogP contribution in [0.4, 0.5) is 0 Å². The van der Waals surface area contributed by atoms with Gasteiger partial charge in [0.1, 0.15) is 11.4 Å². The highest BCUT2D eigenvalue weighted by Gasteiger charge is 2.09. The van der Waals surface area contributed by atoms with Gasteiger partial charge in [0.05, 0.1) is 25.5 Å². The van der Waals surface area contributed by atoms with Crippen LogP contribution in [0.2, 0.25) is 0 Å². The van der Waals surface area contributed by atoms with Crippen LogP contribution in [-0.2, 0) is 19.8 Å². The summed E-state index contributed by atoms with van der Waals surface area (Å²) in [6.07, 6.45) is 0. The molecular formula is C8H11NO4. The van der Waals surface area contributed by atoms with Crippen molar-refractivity contribution in [2.75, 3.05) is 0 Å². The molecule has 0 unspecified atom stereocenters. The van der Waals surface area contributed by atoms with E-state index in [2.05, 4.69) is 4.98 Å². The largest absolute Gasteiger partial charge is 0.506 e. The smallest absolute Gasteiger partial charge is 0.145 e. The van der Waals surface area contributed by atoms with E-state index in [4.69, 9.17) is 15.3 Å². The van der Waals surface area contributed by atoms with E-state index in [9.17, 15) is 5.11 Å². The van der Waals surface area contributed by atoms with Gasteiger partial charge in [0.25, 0.3) is 0 Å². The predicted octanol–water partition coefficient (Wildman–Crippen LogP) is -0.736. The molecule has 1 aromatic rings. The minimum absolute atomic E-state index is 0.0654. The van der Waals surface area contributed by atoms with E-state index in [1.54, 1.807) is 0 Å². The van der Waals surface area contributed by atoms with E-state index >= 15 is 0 Å². The number of aliphatic hydroxyl groups excluding tert-OH is 3. The van der Waals surface area contributed by atoms with Crippen LogP contribution in [-0.4, -0.2) is 25.4 Å². The number of pyridine rings is 1. The molecule has 1 heterocycles. The van der Waals surface area contributed by atoms with Gasteiger partial charge in [-0.15, -0.1) is 0 Å². The van der Waals surface area contributed by atoms with Crippen molar-refractivity contribution >= 4 is 0 Å². The Kier molecular flexibility index (Phi) is 3.18. The monoisotopic (exact) mass is 185 g/mol. The standard InChI is InChI=1S/C8H11NO4/c10-2-5-1-6(3-11)9-7(4-12)8(5)13/h1,10-13H,2-4H2. The van der Waals surface area contributed by atoms with Gasteiger partial charge in [-0.05, 0) is 6.07 Å². The van der Waals surface area contributed by atoms with Gasteiger partial charge < -0.3 is 20.4 Å². The van der Waals surface area contributed by atoms with Crippen molar-refractivity contribution in [2.24, 2.45) is 0 Å². The first kappa shape index (κ1) is 9.91. The van der Waals surface area contributed by atoms with Crippen LogP contribution < -0.4 is 0 Å². The Morgan fingerprint density at radius 1 is 1.08 bits per heavy atom. The molecule has 0 radical (unpaired) electrons. The second-order valence-electron chi connectivity index (χ2n) is 2.54. The molecule has 0 aliphatic heterocycles. The SMILES string of the molecule is OCc1cc(CO)c(O)c(CO)n1. The van der Waals surface area contributed by atoms with Crippen LogP contribution in [0.15, 0.2) is 6.07 Å². The maximum atomic E-state index is 9.34. The van der Waals surface area contributed by atoms with Crippen LogP contribution in [0.5, 0.6) is 5.75 Å². The van der Waals surface area contributed by atoms with Crippen molar-refractivity contribution in [3.05, 3.63) is 23.0 Å². The molecule has 0 fully saturated rings. The number of hydrogen-bond donors (Lipinski definition) is 4. The quantitative estimate of drug-likeness (QED) is 0.498. The lowest BCUT2D eigenvalue weighted by molar-refractivity contribution is 0.251. The summed E-state index contributed by atoms with van der Waals surface area (Å²) in [5, 5.41) is 35.7. The van der Waals surface area contributed by atoms with Crippen molar-refractivity contribution in [2.45, 2.75) is 19.8 Å². The van der Waals surface area contributed by atoms with E-state index < -0.39 is 6.61 Å². The fourth-order valence-corrected chi connectivity index (χ4v) is 1.03. The van der Waals surface area contributed by atoms with Crippen molar-refractivity contribution in [1.29, 1.82) is 0 Å². The van der Waals surface area contributed by atoms with Gasteiger partial charge in [-0.1, -0.05) is 0 Å². The predicted molar refractivity (Wildman–Crippen MR) is 43.7 cm³/mol. The average Bonchev–Trinajstić information content (AvgIpc) is 2.18. The summed E-state index contributed by atoms with van der Waals surface area (Å²) < 4.78 is 0. The second kappa shape index (κ2) is 4.18. The lowest BCUT2D eigenvalue weighted by atomic mass is 10.2. The molecule has 4 N–H and O–H groups in total. The molecule has 13 heavy (non-hydrogen) atoms. The van der Waals surface area contributed by atoms with Crippen LogP contribution in [0.1, 0.15) is 17.0 Å². The molecule has 0 spiro atoms. The molecule has 0 amide bonds. The van der Waals surface area contributed by atoms with Crippen molar-refractivity contribution in [1.82, 2.24) is 4.98 Å². The number of rotatable bonds is 3. The number of aromatic nitrogens is 1. The first-order chi connectivity index (χ1) is 6.22. The Labute approximate surface area is 74.9 Å². The zero-order valence-corrected chi connectivity index (χ0v) is 6.93. The first-order valence-electron chi connectivity index (χ1n) is 3.76. The normalized spacial score (nSPS) is 10.4. The molecular weight excluding hydrogens is 174 g/mol. The average molecular weight is 185 g/mol. The summed E-state index contributed by atoms with van der Waals surface area (Å²) >= 11 is 0. The molecule has 72 valence electrons. The summed E-state index contributed by atoms with van der Waals surface area (Å²) in [5.74, 6) is -0.220. The molecule has 5 nitrogen and oxygen atoms in total. The second-order valence-corrected chi connectivity index (χ2v) is 2.54. The number of nitrogens with zero attached hydrogens (tertiary/aromatic N) is 1. The zero-order valence-electron chi connectivity index (χ0n) is 6.93. The van der Waals surface area contributed by atoms with Gasteiger partial charge in [0.15, 0.2) is 0 Å². The zero-order chi connectivity index (χ0) is 9.84. The highest BCUT2D eigenvalue weighted by Crippen LogP contribution is 2.21. The van der Waals surface area contributed by atoms with Gasteiger partial charge in [-0.25, -0.2) is 4.98 Å². The third-order valence-electron chi connectivity index (χ3n) is 1.68. The van der Waals surface area contributed by atoms with E-state index in [0.717, 1.165) is 0 Å². The van der Waals surface area contributed by atoms with Crippen LogP contribution in [0.3, 0.4) is 0 Å². The number of hydrogen-bond acceptors (Lipinski definition) is 5. The lowest BCUT2D eigenvalue weighted by Crippen LogP contribution is -2.00. The third-order valence-corrected chi connectivity index (χ3v) is 1.68. The summed E-state index contributed by atoms with van der Waals surface area (Å²) in [5.41, 5.74) is 0.629. The Morgan fingerprint density at radius 3 is 2.23 bits per heavy atom. The highest BCUT2D eigenvalue weighted by molar-refractivity contribution is 5.36. The van der Waals surface area contributed by atoms with Gasteiger partial charge in [0.2, 0.25) is 0 Å². The summed E-state index contributed by atoms with van der Waals surface area (Å²) in [4.78, 5) is 3.76. The van der Waals surface area contributed by atoms with Gasteiger partial charge >= 0.3 is 0 Å². The molecule has 0 saturated heterocycles. The minimum atomic E-state index is -0.424. The molecule has 1 aromatic heterocycles. The molecule has 0 saturated carbocycles. The van der Waals surface area contributed by atoms with Crippen LogP contribution in [0, 0.1) is 0 Å². The molecule has 0 aliphatic rings. The van der Waals surface area contributed by atoms with Crippen LogP contribution in [0.25, 0.3) is 0 Å². The first-order valence-corrected chi connectivity index (χ1v) is 3.76. The van der Waals surface area contributed by atoms with Crippen molar-refractivity contribution in [3.8, 4) is 5.75 Å². The van der Waals surface area contributed by atoms with E-state index in [-0.39, 0.29) is 30.2 Å². The Balaban J connectivity index is 3.20. The minimum Gasteiger partial charge on any atom is -0.506 e. The molecule has 0 atom stereocenters. The molecule has 0 aromatic carbocycles. The van der Waals surface area contributed by atoms with Crippen LogP contribution >= 0.6 is 0 Å². The Bertz CT molecular complexity index is 275. The number of aromatic hydroxyl groups is 1. The van der Waals surface area contributed by atoms with Crippen molar-refractivity contribution in [3.63, 3.8) is 0 Å². The highest BCUT2D eigenvalue weighted by atomic mass is 16.3. The number of aliphatic hydroxyl groups is 3. The summed E-state index contributed by atoms with van der Waals surface area (Å²) in [6, 6.07) is 1.38. The van der Waals surface area contributed by atoms with E-state index in [1.165, 1.54) is 6.07 Å². The van der Waals surface area contributed by atoms with E-state index in [0.29, 0.717) is 5.69 Å². The summed E-state index contributed by atoms with van der Waals surface area (Å²) in [7, 11) is 0. The molecule has 0 aliphatic carbocycles. The Morgan fingerprint density at radius 2 is 1.77 bits per heavy atom. The van der Waals surface area contributed by atoms with E-state index in [1.807, 2.05) is 0 Å². The lowest BCUT2D eigenvalue weighted by Gasteiger charge is -2.07. The molecule has 0 bridgehead atoms. The van der Waals surface area contributed by atoms with Gasteiger partial charge in [-0.2, -0.15) is 0 Å². The molecule has 5 heteroatoms. The fraction of sp³-hybridized carbons (Fsp3) is 0.375. The van der Waals surface area contributed by atoms with Gasteiger partial charge in [0, 0.05) is 5.56 Å². The maximum Gasteiger partial charge on any atom is 0.145 e. The van der Waals surface area contributed by atoms with Gasteiger partial charge in [-0.3, -0.25) is 0 Å². The Hall–Kier alpha value is -1.17. The summed E-state index contributed by atoms with van der Waals surface area (Å²) in [6.45, 7) is -1.07. The maximum absolute atomic E-state index is 9.34. The molecule has 1 rings (SSSR count). The topological polar surface area (TPSA) is 93.8 Å². The fourth-order valence-electron chi connectivity index (χ4n) is 1.03. The van der Waals surface area contributed by atoms with Crippen molar-refractivity contribution < 1.29 is 20.4 Å².